The van der Waals surface area contributed by atoms with Gasteiger partial charge in [0, 0.05) is 13.3 Å². The smallest absolute Gasteiger partial charge is 0.0607 e. The van der Waals surface area contributed by atoms with Gasteiger partial charge in [-0.25, -0.2) is 0 Å². The highest BCUT2D eigenvalue weighted by Crippen LogP contribution is 2.06. The van der Waals surface area contributed by atoms with Crippen LogP contribution in [0.2, 0.25) is 0 Å². The quantitative estimate of drug-likeness (QED) is 0.526. The minimum Gasteiger partial charge on any atom is -0.296 e. The average molecular weight is 190 g/mol. The molecule has 0 amide bonds. The lowest BCUT2D eigenvalue weighted by Crippen LogP contribution is -2.10. The molecule has 0 radical (unpaired) electrons. The van der Waals surface area contributed by atoms with E-state index in [0.29, 0.717) is 0 Å². The van der Waals surface area contributed by atoms with Gasteiger partial charge in [-0.3, -0.25) is 5.01 Å². The van der Waals surface area contributed by atoms with Crippen LogP contribution in [0.15, 0.2) is 29.4 Å². The highest BCUT2D eigenvalue weighted by molar-refractivity contribution is 5.56. The lowest BCUT2D eigenvalue weighted by atomic mass is 10.1. The van der Waals surface area contributed by atoms with Gasteiger partial charge in [0.1, 0.15) is 0 Å². The Morgan fingerprint density at radius 1 is 1.43 bits per heavy atom. The fraction of sp³-hybridized carbons (Fsp3) is 0.417. The molecule has 0 N–H and O–H groups in total. The number of nitrogens with zero attached hydrogens (tertiary/aromatic N) is 2. The molecule has 0 bridgehead atoms. The molecule has 1 aromatic rings. The van der Waals surface area contributed by atoms with Crippen LogP contribution in [0.3, 0.4) is 0 Å². The summed E-state index contributed by atoms with van der Waals surface area (Å²) in [7, 11) is 1.99. The molecule has 0 unspecified atom stereocenters. The normalized spacial score (nSPS) is 10.8. The van der Waals surface area contributed by atoms with Gasteiger partial charge in [-0.2, -0.15) is 5.10 Å². The summed E-state index contributed by atoms with van der Waals surface area (Å²) in [5, 5.41) is 6.23. The summed E-state index contributed by atoms with van der Waals surface area (Å²) < 4.78 is 0. The molecule has 0 saturated heterocycles. The second kappa shape index (κ2) is 5.43. The van der Waals surface area contributed by atoms with Gasteiger partial charge in [-0.15, -0.1) is 0 Å². The number of hydrogen-bond donors (Lipinski definition) is 0. The molecule has 0 aliphatic rings. The molecular weight excluding hydrogens is 172 g/mol. The van der Waals surface area contributed by atoms with Crippen LogP contribution in [0.1, 0.15) is 24.5 Å². The van der Waals surface area contributed by atoms with E-state index in [1.165, 1.54) is 11.1 Å². The van der Waals surface area contributed by atoms with E-state index in [2.05, 4.69) is 43.2 Å². The molecule has 76 valence electrons. The van der Waals surface area contributed by atoms with Crippen molar-refractivity contribution in [2.24, 2.45) is 5.10 Å². The Hall–Kier alpha value is -1.31. The fourth-order valence-electron chi connectivity index (χ4n) is 1.34. The molecule has 2 nitrogen and oxygen atoms in total. The Bertz CT molecular complexity index is 305. The Morgan fingerprint density at radius 3 is 2.86 bits per heavy atom. The van der Waals surface area contributed by atoms with Crippen molar-refractivity contribution in [3.8, 4) is 0 Å². The predicted molar refractivity (Wildman–Crippen MR) is 61.4 cm³/mol. The number of hydrazone groups is 1. The Kier molecular flexibility index (Phi) is 4.17. The zero-order chi connectivity index (χ0) is 10.4. The lowest BCUT2D eigenvalue weighted by molar-refractivity contribution is 0.348. The van der Waals surface area contributed by atoms with E-state index >= 15 is 0 Å². The number of hydrogen-bond acceptors (Lipinski definition) is 2. The molecule has 1 rings (SSSR count). The zero-order valence-electron chi connectivity index (χ0n) is 9.20. The molecule has 0 fully saturated rings. The molecule has 0 spiro atoms. The highest BCUT2D eigenvalue weighted by atomic mass is 15.4. The summed E-state index contributed by atoms with van der Waals surface area (Å²) in [6, 6.07) is 8.52. The summed E-state index contributed by atoms with van der Waals surface area (Å²) in [6.07, 6.45) is 2.91. The molecule has 0 saturated carbocycles. The third kappa shape index (κ3) is 3.60. The Balaban J connectivity index is 2.55. The van der Waals surface area contributed by atoms with E-state index in [1.54, 1.807) is 0 Å². The minimum atomic E-state index is 0.873. The maximum absolute atomic E-state index is 4.28. The third-order valence-corrected chi connectivity index (χ3v) is 1.96. The number of aryl methyl sites for hydroxylation is 1. The van der Waals surface area contributed by atoms with Crippen molar-refractivity contribution in [2.75, 3.05) is 7.05 Å². The second-order valence-electron chi connectivity index (χ2n) is 3.51. The first-order valence-electron chi connectivity index (χ1n) is 5.01. The van der Waals surface area contributed by atoms with Gasteiger partial charge in [-0.1, -0.05) is 36.8 Å². The van der Waals surface area contributed by atoms with Gasteiger partial charge in [0.2, 0.25) is 0 Å². The first-order chi connectivity index (χ1) is 6.72. The maximum Gasteiger partial charge on any atom is 0.0607 e. The van der Waals surface area contributed by atoms with Gasteiger partial charge in [0.25, 0.3) is 0 Å². The van der Waals surface area contributed by atoms with Crippen LogP contribution in [-0.4, -0.2) is 18.3 Å². The van der Waals surface area contributed by atoms with E-state index in [0.717, 1.165) is 13.0 Å². The topological polar surface area (TPSA) is 15.6 Å². The van der Waals surface area contributed by atoms with Gasteiger partial charge in [0.15, 0.2) is 0 Å². The summed E-state index contributed by atoms with van der Waals surface area (Å²) in [5.41, 5.74) is 2.61. The van der Waals surface area contributed by atoms with Crippen LogP contribution >= 0.6 is 0 Å². The number of rotatable bonds is 4. The van der Waals surface area contributed by atoms with E-state index in [9.17, 15) is 0 Å². The highest BCUT2D eigenvalue weighted by Gasteiger charge is 1.95. The first kappa shape index (κ1) is 10.8. The molecule has 0 aliphatic heterocycles. The van der Waals surface area contributed by atoms with Crippen LogP contribution in [0.4, 0.5) is 0 Å². The summed E-state index contributed by atoms with van der Waals surface area (Å²) in [6.45, 7) is 5.07. The lowest BCUT2D eigenvalue weighted by Gasteiger charge is -2.12. The van der Waals surface area contributed by atoms with E-state index in [-0.39, 0.29) is 0 Å². The number of benzene rings is 1. The van der Waals surface area contributed by atoms with Gasteiger partial charge in [0.05, 0.1) is 6.54 Å². The zero-order valence-corrected chi connectivity index (χ0v) is 9.20. The van der Waals surface area contributed by atoms with Crippen molar-refractivity contribution >= 4 is 6.21 Å². The van der Waals surface area contributed by atoms with Crippen LogP contribution in [0.25, 0.3) is 0 Å². The van der Waals surface area contributed by atoms with Gasteiger partial charge in [-0.05, 0) is 18.9 Å². The van der Waals surface area contributed by atoms with Gasteiger partial charge >= 0.3 is 0 Å². The monoisotopic (exact) mass is 190 g/mol. The van der Waals surface area contributed by atoms with Crippen molar-refractivity contribution in [3.63, 3.8) is 0 Å². The fourth-order valence-corrected chi connectivity index (χ4v) is 1.34. The molecule has 0 atom stereocenters. The summed E-state index contributed by atoms with van der Waals surface area (Å²) in [5.74, 6) is 0. The second-order valence-corrected chi connectivity index (χ2v) is 3.51. The summed E-state index contributed by atoms with van der Waals surface area (Å²) in [4.78, 5) is 0. The van der Waals surface area contributed by atoms with E-state index in [4.69, 9.17) is 0 Å². The van der Waals surface area contributed by atoms with Crippen LogP contribution < -0.4 is 0 Å². The van der Waals surface area contributed by atoms with Crippen LogP contribution in [0.5, 0.6) is 0 Å². The average Bonchev–Trinajstić information content (AvgIpc) is 2.15. The molecule has 2 heteroatoms. The summed E-state index contributed by atoms with van der Waals surface area (Å²) >= 11 is 0. The molecule has 0 heterocycles. The maximum atomic E-state index is 4.28. The van der Waals surface area contributed by atoms with E-state index < -0.39 is 0 Å². The van der Waals surface area contributed by atoms with Crippen molar-refractivity contribution in [2.45, 2.75) is 26.8 Å². The van der Waals surface area contributed by atoms with Crippen molar-refractivity contribution in [1.29, 1.82) is 0 Å². The van der Waals surface area contributed by atoms with Crippen molar-refractivity contribution < 1.29 is 0 Å². The largest absolute Gasteiger partial charge is 0.296 e. The van der Waals surface area contributed by atoms with Crippen LogP contribution in [0, 0.1) is 6.92 Å². The molecular formula is C12H18N2. The standard InChI is InChI=1S/C12H18N2/c1-4-8-13-14(3)10-12-7-5-6-11(2)9-12/h5-9H,4,10H2,1-3H3/b13-8-. The molecule has 14 heavy (non-hydrogen) atoms. The van der Waals surface area contributed by atoms with Crippen LogP contribution in [-0.2, 0) is 6.54 Å². The molecule has 0 aliphatic carbocycles. The third-order valence-electron chi connectivity index (χ3n) is 1.96. The Morgan fingerprint density at radius 2 is 2.21 bits per heavy atom. The van der Waals surface area contributed by atoms with Gasteiger partial charge < -0.3 is 0 Å². The predicted octanol–water partition coefficient (Wildman–Crippen LogP) is 2.82. The first-order valence-corrected chi connectivity index (χ1v) is 5.01. The minimum absolute atomic E-state index is 0.873. The Labute approximate surface area is 86.2 Å². The molecule has 1 aromatic carbocycles. The van der Waals surface area contributed by atoms with Crippen molar-refractivity contribution in [1.82, 2.24) is 5.01 Å². The van der Waals surface area contributed by atoms with Crippen molar-refractivity contribution in [3.05, 3.63) is 35.4 Å². The SMILES string of the molecule is CC/C=N\N(C)Cc1cccc(C)c1. The van der Waals surface area contributed by atoms with E-state index in [1.807, 2.05) is 18.3 Å². The molecule has 0 aromatic heterocycles.